The number of hydrogen-bond donors (Lipinski definition) is 0. The first kappa shape index (κ1) is 23.7. The van der Waals surface area contributed by atoms with Crippen LogP contribution in [0, 0.1) is 18.8 Å². The highest BCUT2D eigenvalue weighted by Crippen LogP contribution is 2.34. The van der Waals surface area contributed by atoms with E-state index < -0.39 is 0 Å². The lowest BCUT2D eigenvalue weighted by Gasteiger charge is -2.34. The summed E-state index contributed by atoms with van der Waals surface area (Å²) in [7, 11) is 0. The van der Waals surface area contributed by atoms with Crippen molar-refractivity contribution in [3.63, 3.8) is 0 Å². The molecule has 0 bridgehead atoms. The van der Waals surface area contributed by atoms with E-state index in [0.717, 1.165) is 72.6 Å². The first-order valence-corrected chi connectivity index (χ1v) is 12.8. The maximum Gasteiger partial charge on any atom is 0.255 e. The molecule has 2 aromatic rings. The van der Waals surface area contributed by atoms with Gasteiger partial charge in [-0.15, -0.1) is 0 Å². The summed E-state index contributed by atoms with van der Waals surface area (Å²) >= 11 is 0. The fourth-order valence-corrected chi connectivity index (χ4v) is 5.42. The number of fused-ring (bicyclic) bond motifs is 2. The molecule has 5 rings (SSSR count). The molecule has 184 valence electrons. The molecule has 0 radical (unpaired) electrons. The Bertz CT molecular complexity index is 1250. The zero-order chi connectivity index (χ0) is 24.5. The number of aromatic nitrogens is 3. The number of likely N-dealkylation sites (tertiary alicyclic amines) is 1. The number of nitrogens with zero attached hydrogens (tertiary/aromatic N) is 5. The van der Waals surface area contributed by atoms with Crippen LogP contribution in [0.3, 0.4) is 0 Å². The number of carbonyl (C=O) groups is 1. The van der Waals surface area contributed by atoms with Crippen molar-refractivity contribution in [2.45, 2.75) is 46.5 Å². The van der Waals surface area contributed by atoms with E-state index in [1.54, 1.807) is 11.0 Å². The van der Waals surface area contributed by atoms with Crippen molar-refractivity contribution in [2.24, 2.45) is 11.8 Å². The lowest BCUT2D eigenvalue weighted by Crippen LogP contribution is -2.36. The molecule has 0 aromatic carbocycles. The Balaban J connectivity index is 1.43. The average molecular weight is 476 g/mol. The third-order valence-corrected chi connectivity index (χ3v) is 7.47. The topological polar surface area (TPSA) is 53.7 Å². The molecule has 1 fully saturated rings. The molecule has 35 heavy (non-hydrogen) atoms. The Labute approximate surface area is 206 Å². The van der Waals surface area contributed by atoms with Crippen LogP contribution >= 0.6 is 0 Å². The molecular formula is C28H34FN5O. The van der Waals surface area contributed by atoms with Gasteiger partial charge < -0.3 is 4.90 Å². The van der Waals surface area contributed by atoms with Crippen LogP contribution in [0.4, 0.5) is 4.39 Å². The van der Waals surface area contributed by atoms with Gasteiger partial charge in [-0.1, -0.05) is 26.0 Å². The highest BCUT2D eigenvalue weighted by Gasteiger charge is 2.27. The van der Waals surface area contributed by atoms with Crippen LogP contribution in [-0.2, 0) is 11.2 Å². The van der Waals surface area contributed by atoms with Gasteiger partial charge in [0.15, 0.2) is 0 Å². The van der Waals surface area contributed by atoms with Crippen LogP contribution in [0.2, 0.25) is 0 Å². The molecular weight excluding hydrogens is 441 g/mol. The predicted molar refractivity (Wildman–Crippen MR) is 136 cm³/mol. The Kier molecular flexibility index (Phi) is 6.69. The molecule has 7 heteroatoms. The van der Waals surface area contributed by atoms with Crippen molar-refractivity contribution in [3.8, 4) is 0 Å². The smallest absolute Gasteiger partial charge is 0.255 e. The Morgan fingerprint density at radius 1 is 1.20 bits per heavy atom. The number of piperidine rings is 1. The fraction of sp³-hybridized carbons (Fsp3) is 0.464. The summed E-state index contributed by atoms with van der Waals surface area (Å²) in [6.07, 6.45) is 15.7. The van der Waals surface area contributed by atoms with Crippen LogP contribution in [-0.4, -0.2) is 56.6 Å². The van der Waals surface area contributed by atoms with Crippen LogP contribution < -0.4 is 0 Å². The van der Waals surface area contributed by atoms with Crippen LogP contribution in [0.25, 0.3) is 11.1 Å². The van der Waals surface area contributed by atoms with Gasteiger partial charge in [-0.25, -0.2) is 8.91 Å². The van der Waals surface area contributed by atoms with E-state index in [1.165, 1.54) is 5.57 Å². The summed E-state index contributed by atoms with van der Waals surface area (Å²) in [5.74, 6) is 0.513. The maximum atomic E-state index is 13.5. The standard InChI is InChI=1S/C28H34FN5O/c1-4-25-27-16-26(31-34(27)17-20(3)30-25)24-15-28(35)33-18-22(6-8-23(33)7-5-19(24)2)21-9-12-32(13-10-21)14-11-29/h6-8,15-19,21H,4-5,9-14H2,1-3H3. The van der Waals surface area contributed by atoms with Gasteiger partial charge in [-0.2, -0.15) is 5.10 Å². The van der Waals surface area contributed by atoms with E-state index in [-0.39, 0.29) is 18.5 Å². The van der Waals surface area contributed by atoms with Gasteiger partial charge in [0.1, 0.15) is 6.67 Å². The third kappa shape index (κ3) is 4.74. The van der Waals surface area contributed by atoms with Crippen molar-refractivity contribution in [2.75, 3.05) is 26.3 Å². The second kappa shape index (κ2) is 9.90. The molecule has 0 N–H and O–H groups in total. The number of amides is 1. The number of rotatable bonds is 5. The quantitative estimate of drug-likeness (QED) is 0.619. The summed E-state index contributed by atoms with van der Waals surface area (Å²) in [5.41, 5.74) is 6.84. The van der Waals surface area contributed by atoms with Gasteiger partial charge >= 0.3 is 0 Å². The van der Waals surface area contributed by atoms with Crippen molar-refractivity contribution in [1.29, 1.82) is 0 Å². The van der Waals surface area contributed by atoms with E-state index in [1.807, 2.05) is 23.8 Å². The van der Waals surface area contributed by atoms with Crippen molar-refractivity contribution in [1.82, 2.24) is 24.4 Å². The van der Waals surface area contributed by atoms with Gasteiger partial charge in [-0.3, -0.25) is 14.7 Å². The number of aryl methyl sites for hydroxylation is 2. The Morgan fingerprint density at radius 2 is 2.00 bits per heavy atom. The van der Waals surface area contributed by atoms with Gasteiger partial charge in [-0.05, 0) is 80.8 Å². The molecule has 5 heterocycles. The van der Waals surface area contributed by atoms with Crippen LogP contribution in [0.1, 0.15) is 50.2 Å². The van der Waals surface area contributed by atoms with E-state index in [0.29, 0.717) is 12.5 Å². The summed E-state index contributed by atoms with van der Waals surface area (Å²) < 4.78 is 14.6. The molecule has 0 spiro atoms. The summed E-state index contributed by atoms with van der Waals surface area (Å²) in [5, 5.41) is 4.83. The minimum Gasteiger partial charge on any atom is -0.301 e. The number of hydrogen-bond acceptors (Lipinski definition) is 4. The first-order valence-electron chi connectivity index (χ1n) is 12.8. The van der Waals surface area contributed by atoms with Crippen molar-refractivity contribution >= 4 is 17.0 Å². The molecule has 1 saturated heterocycles. The van der Waals surface area contributed by atoms with Crippen molar-refractivity contribution < 1.29 is 9.18 Å². The SMILES string of the molecule is CCc1nc(C)cn2nc(C3=CC(=O)N4C=C(C5CCN(CCF)CC5)C=CC4=CCC3C)cc12. The lowest BCUT2D eigenvalue weighted by molar-refractivity contribution is -0.122. The fourth-order valence-electron chi connectivity index (χ4n) is 5.42. The Hall–Kier alpha value is -3.06. The molecule has 1 atom stereocenters. The van der Waals surface area contributed by atoms with Crippen LogP contribution in [0.5, 0.6) is 0 Å². The second-order valence-corrected chi connectivity index (χ2v) is 9.88. The molecule has 3 aliphatic rings. The summed E-state index contributed by atoms with van der Waals surface area (Å²) in [6, 6.07) is 2.07. The highest BCUT2D eigenvalue weighted by molar-refractivity contribution is 5.98. The largest absolute Gasteiger partial charge is 0.301 e. The zero-order valence-corrected chi connectivity index (χ0v) is 20.9. The van der Waals surface area contributed by atoms with Crippen molar-refractivity contribution in [3.05, 3.63) is 71.1 Å². The molecule has 6 nitrogen and oxygen atoms in total. The predicted octanol–water partition coefficient (Wildman–Crippen LogP) is 4.87. The maximum absolute atomic E-state index is 13.5. The number of halogens is 1. The molecule has 3 aliphatic heterocycles. The van der Waals surface area contributed by atoms with Gasteiger partial charge in [0.2, 0.25) is 0 Å². The van der Waals surface area contributed by atoms with E-state index in [2.05, 4.69) is 48.0 Å². The minimum atomic E-state index is -0.293. The number of allylic oxidation sites excluding steroid dienone is 5. The van der Waals surface area contributed by atoms with Gasteiger partial charge in [0.05, 0.1) is 28.8 Å². The second-order valence-electron chi connectivity index (χ2n) is 9.88. The zero-order valence-electron chi connectivity index (χ0n) is 20.9. The van der Waals surface area contributed by atoms with Gasteiger partial charge in [0.25, 0.3) is 5.91 Å². The summed E-state index contributed by atoms with van der Waals surface area (Å²) in [6.45, 7) is 8.26. The monoisotopic (exact) mass is 475 g/mol. The Morgan fingerprint density at radius 3 is 2.74 bits per heavy atom. The number of carbonyl (C=O) groups excluding carboxylic acids is 1. The lowest BCUT2D eigenvalue weighted by atomic mass is 9.87. The molecule has 0 saturated carbocycles. The highest BCUT2D eigenvalue weighted by atomic mass is 19.1. The molecule has 2 aromatic heterocycles. The van der Waals surface area contributed by atoms with Crippen LogP contribution in [0.15, 0.2) is 54.0 Å². The third-order valence-electron chi connectivity index (χ3n) is 7.47. The van der Waals surface area contributed by atoms with E-state index in [4.69, 9.17) is 5.10 Å². The molecule has 0 aliphatic carbocycles. The van der Waals surface area contributed by atoms with E-state index >= 15 is 0 Å². The summed E-state index contributed by atoms with van der Waals surface area (Å²) in [4.78, 5) is 22.2. The first-order chi connectivity index (χ1) is 17.0. The van der Waals surface area contributed by atoms with E-state index in [9.17, 15) is 9.18 Å². The average Bonchev–Trinajstić information content (AvgIpc) is 3.28. The molecule has 1 unspecified atom stereocenters. The normalized spacial score (nSPS) is 21.9. The van der Waals surface area contributed by atoms with Gasteiger partial charge in [0, 0.05) is 24.5 Å². The molecule has 1 amide bonds. The number of alkyl halides is 1. The minimum absolute atomic E-state index is 0.0448.